The standard InChI is InChI=1S/C16H22O5/c1-19-7-8-20-10-13(17)11-21-14-6-5-12-3-2-4-16(18)15(12)9-14/h5-6,9,13,17H,2-4,7-8,10-11H2,1H3. The minimum absolute atomic E-state index is 0.139. The molecule has 116 valence electrons. The van der Waals surface area contributed by atoms with Crippen molar-refractivity contribution in [2.75, 3.05) is 33.5 Å². The number of benzene rings is 1. The predicted molar refractivity (Wildman–Crippen MR) is 77.9 cm³/mol. The molecule has 0 aliphatic heterocycles. The number of ketones is 1. The Morgan fingerprint density at radius 3 is 2.90 bits per heavy atom. The summed E-state index contributed by atoms with van der Waals surface area (Å²) in [6.07, 6.45) is 1.77. The molecule has 0 bridgehead atoms. The van der Waals surface area contributed by atoms with Crippen LogP contribution in [0, 0.1) is 0 Å². The maximum Gasteiger partial charge on any atom is 0.163 e. The van der Waals surface area contributed by atoms with E-state index < -0.39 is 6.10 Å². The van der Waals surface area contributed by atoms with Gasteiger partial charge >= 0.3 is 0 Å². The van der Waals surface area contributed by atoms with Crippen molar-refractivity contribution in [2.24, 2.45) is 0 Å². The van der Waals surface area contributed by atoms with Crippen LogP contribution in [0.4, 0.5) is 0 Å². The van der Waals surface area contributed by atoms with Crippen LogP contribution in [0.3, 0.4) is 0 Å². The molecule has 1 unspecified atom stereocenters. The van der Waals surface area contributed by atoms with E-state index in [1.165, 1.54) is 0 Å². The second-order valence-electron chi connectivity index (χ2n) is 5.13. The molecule has 0 fully saturated rings. The first-order valence-corrected chi connectivity index (χ1v) is 7.24. The Labute approximate surface area is 124 Å². The van der Waals surface area contributed by atoms with Crippen molar-refractivity contribution >= 4 is 5.78 Å². The Balaban J connectivity index is 1.80. The molecule has 0 amide bonds. The Hall–Kier alpha value is -1.43. The third-order valence-electron chi connectivity index (χ3n) is 3.42. The zero-order valence-electron chi connectivity index (χ0n) is 12.3. The van der Waals surface area contributed by atoms with Gasteiger partial charge in [-0.15, -0.1) is 0 Å². The number of methoxy groups -OCH3 is 1. The molecule has 1 aromatic rings. The summed E-state index contributed by atoms with van der Waals surface area (Å²) in [5, 5.41) is 9.74. The van der Waals surface area contributed by atoms with E-state index in [4.69, 9.17) is 14.2 Å². The number of hydrogen-bond acceptors (Lipinski definition) is 5. The van der Waals surface area contributed by atoms with E-state index in [1.54, 1.807) is 13.2 Å². The number of carbonyl (C=O) groups excluding carboxylic acids is 1. The fraction of sp³-hybridized carbons (Fsp3) is 0.562. The summed E-state index contributed by atoms with van der Waals surface area (Å²) in [6, 6.07) is 5.55. The topological polar surface area (TPSA) is 65.0 Å². The average molecular weight is 294 g/mol. The number of aryl methyl sites for hydroxylation is 1. The molecule has 1 aliphatic rings. The monoisotopic (exact) mass is 294 g/mol. The summed E-state index contributed by atoms with van der Waals surface area (Å²) in [4.78, 5) is 11.8. The summed E-state index contributed by atoms with van der Waals surface area (Å²) in [6.45, 7) is 1.29. The van der Waals surface area contributed by atoms with Crippen molar-refractivity contribution in [1.29, 1.82) is 0 Å². The Morgan fingerprint density at radius 1 is 1.24 bits per heavy atom. The number of ether oxygens (including phenoxy) is 3. The average Bonchev–Trinajstić information content (AvgIpc) is 2.50. The number of Topliss-reactive ketones (excluding diaryl/α,β-unsaturated/α-hetero) is 1. The van der Waals surface area contributed by atoms with Gasteiger partial charge in [-0.05, 0) is 30.5 Å². The Morgan fingerprint density at radius 2 is 2.10 bits per heavy atom. The lowest BCUT2D eigenvalue weighted by molar-refractivity contribution is -0.00420. The lowest BCUT2D eigenvalue weighted by Crippen LogP contribution is -2.24. The summed E-state index contributed by atoms with van der Waals surface area (Å²) < 4.78 is 15.6. The van der Waals surface area contributed by atoms with Gasteiger partial charge in [0.2, 0.25) is 0 Å². The van der Waals surface area contributed by atoms with E-state index in [1.807, 2.05) is 12.1 Å². The van der Waals surface area contributed by atoms with Crippen LogP contribution >= 0.6 is 0 Å². The van der Waals surface area contributed by atoms with E-state index >= 15 is 0 Å². The predicted octanol–water partition coefficient (Wildman–Crippen LogP) is 1.61. The van der Waals surface area contributed by atoms with Crippen LogP contribution in [0.15, 0.2) is 18.2 Å². The van der Waals surface area contributed by atoms with Crippen LogP contribution in [-0.4, -0.2) is 50.5 Å². The second-order valence-corrected chi connectivity index (χ2v) is 5.13. The normalized spacial score (nSPS) is 15.6. The van der Waals surface area contributed by atoms with E-state index in [9.17, 15) is 9.90 Å². The molecule has 0 radical (unpaired) electrons. The summed E-state index contributed by atoms with van der Waals surface area (Å²) in [7, 11) is 1.60. The molecule has 2 rings (SSSR count). The maximum absolute atomic E-state index is 11.8. The SMILES string of the molecule is COCCOCC(O)COc1ccc2c(c1)C(=O)CCC2. The first-order chi connectivity index (χ1) is 10.2. The van der Waals surface area contributed by atoms with Crippen LogP contribution in [0.25, 0.3) is 0 Å². The van der Waals surface area contributed by atoms with E-state index in [-0.39, 0.29) is 19.0 Å². The van der Waals surface area contributed by atoms with Gasteiger partial charge in [0.1, 0.15) is 18.5 Å². The molecule has 0 heterocycles. The van der Waals surface area contributed by atoms with Gasteiger partial charge in [-0.2, -0.15) is 0 Å². The smallest absolute Gasteiger partial charge is 0.163 e. The molecule has 1 N–H and O–H groups in total. The van der Waals surface area contributed by atoms with Crippen molar-refractivity contribution in [1.82, 2.24) is 0 Å². The molecule has 21 heavy (non-hydrogen) atoms. The fourth-order valence-corrected chi connectivity index (χ4v) is 2.30. The first-order valence-electron chi connectivity index (χ1n) is 7.24. The molecule has 1 aromatic carbocycles. The highest BCUT2D eigenvalue weighted by Crippen LogP contribution is 2.25. The third-order valence-corrected chi connectivity index (χ3v) is 3.42. The largest absolute Gasteiger partial charge is 0.491 e. The number of fused-ring (bicyclic) bond motifs is 1. The minimum atomic E-state index is -0.700. The van der Waals surface area contributed by atoms with Gasteiger partial charge in [0.15, 0.2) is 5.78 Å². The molecule has 0 saturated carbocycles. The number of aliphatic hydroxyl groups is 1. The molecule has 1 aliphatic carbocycles. The Bertz CT molecular complexity index is 472. The molecule has 5 nitrogen and oxygen atoms in total. The van der Waals surface area contributed by atoms with Gasteiger partial charge in [0.25, 0.3) is 0 Å². The summed E-state index contributed by atoms with van der Waals surface area (Å²) in [5.74, 6) is 0.782. The van der Waals surface area contributed by atoms with Gasteiger partial charge < -0.3 is 19.3 Å². The Kier molecular flexibility index (Phi) is 6.17. The minimum Gasteiger partial charge on any atom is -0.491 e. The lowest BCUT2D eigenvalue weighted by atomic mass is 9.90. The number of rotatable bonds is 8. The van der Waals surface area contributed by atoms with Gasteiger partial charge in [0.05, 0.1) is 19.8 Å². The van der Waals surface area contributed by atoms with E-state index in [0.29, 0.717) is 25.4 Å². The van der Waals surface area contributed by atoms with Crippen LogP contribution in [-0.2, 0) is 15.9 Å². The first kappa shape index (κ1) is 15.9. The lowest BCUT2D eigenvalue weighted by Gasteiger charge is -2.17. The highest BCUT2D eigenvalue weighted by Gasteiger charge is 2.17. The van der Waals surface area contributed by atoms with Gasteiger partial charge in [-0.3, -0.25) is 4.79 Å². The summed E-state index contributed by atoms with van der Waals surface area (Å²) >= 11 is 0. The van der Waals surface area contributed by atoms with Crippen molar-refractivity contribution in [2.45, 2.75) is 25.4 Å². The van der Waals surface area contributed by atoms with Crippen molar-refractivity contribution in [3.8, 4) is 5.75 Å². The summed E-state index contributed by atoms with van der Waals surface area (Å²) in [5.41, 5.74) is 1.84. The molecule has 1 atom stereocenters. The number of aliphatic hydroxyl groups excluding tert-OH is 1. The molecular weight excluding hydrogens is 272 g/mol. The molecular formula is C16H22O5. The fourth-order valence-electron chi connectivity index (χ4n) is 2.30. The van der Waals surface area contributed by atoms with Crippen LogP contribution in [0.5, 0.6) is 5.75 Å². The van der Waals surface area contributed by atoms with Crippen LogP contribution < -0.4 is 4.74 Å². The van der Waals surface area contributed by atoms with Gasteiger partial charge in [-0.25, -0.2) is 0 Å². The highest BCUT2D eigenvalue weighted by molar-refractivity contribution is 5.98. The molecule has 0 aromatic heterocycles. The zero-order chi connectivity index (χ0) is 15.1. The maximum atomic E-state index is 11.8. The molecule has 5 heteroatoms. The molecule has 0 saturated heterocycles. The van der Waals surface area contributed by atoms with Crippen LogP contribution in [0.1, 0.15) is 28.8 Å². The van der Waals surface area contributed by atoms with E-state index in [2.05, 4.69) is 0 Å². The second kappa shape index (κ2) is 8.12. The van der Waals surface area contributed by atoms with Gasteiger partial charge in [-0.1, -0.05) is 6.07 Å². The van der Waals surface area contributed by atoms with Crippen molar-refractivity contribution in [3.05, 3.63) is 29.3 Å². The zero-order valence-corrected chi connectivity index (χ0v) is 12.3. The van der Waals surface area contributed by atoms with Crippen molar-refractivity contribution in [3.63, 3.8) is 0 Å². The van der Waals surface area contributed by atoms with E-state index in [0.717, 1.165) is 24.0 Å². The van der Waals surface area contributed by atoms with Crippen LogP contribution in [0.2, 0.25) is 0 Å². The number of carbonyl (C=O) groups is 1. The third kappa shape index (κ3) is 4.81. The highest BCUT2D eigenvalue weighted by atomic mass is 16.5. The quantitative estimate of drug-likeness (QED) is 0.738. The van der Waals surface area contributed by atoms with Crippen molar-refractivity contribution < 1.29 is 24.1 Å². The molecule has 0 spiro atoms. The number of hydrogen-bond donors (Lipinski definition) is 1. The van der Waals surface area contributed by atoms with Gasteiger partial charge in [0, 0.05) is 19.1 Å².